The highest BCUT2D eigenvalue weighted by molar-refractivity contribution is 7.20. The van der Waals surface area contributed by atoms with Crippen molar-refractivity contribution in [3.05, 3.63) is 59.8 Å². The Bertz CT molecular complexity index is 1310. The summed E-state index contributed by atoms with van der Waals surface area (Å²) in [7, 11) is 0. The van der Waals surface area contributed by atoms with E-state index in [1.54, 1.807) is 0 Å². The van der Waals surface area contributed by atoms with E-state index in [9.17, 15) is 0 Å². The van der Waals surface area contributed by atoms with Crippen molar-refractivity contribution in [2.75, 3.05) is 5.32 Å². The van der Waals surface area contributed by atoms with Gasteiger partial charge in [0.25, 0.3) is 0 Å². The van der Waals surface area contributed by atoms with Crippen molar-refractivity contribution in [1.82, 2.24) is 34.6 Å². The van der Waals surface area contributed by atoms with Gasteiger partial charge in [0.15, 0.2) is 5.82 Å². The maximum atomic E-state index is 4.70. The first kappa shape index (κ1) is 17.7. The van der Waals surface area contributed by atoms with Gasteiger partial charge in [-0.25, -0.2) is 0 Å². The van der Waals surface area contributed by atoms with Crippen LogP contribution in [0.3, 0.4) is 0 Å². The Kier molecular flexibility index (Phi) is 4.24. The van der Waals surface area contributed by atoms with Crippen molar-refractivity contribution >= 4 is 38.0 Å². The van der Waals surface area contributed by atoms with E-state index >= 15 is 0 Å². The Hall–Kier alpha value is -3.33. The van der Waals surface area contributed by atoms with Crippen molar-refractivity contribution in [2.24, 2.45) is 0 Å². The van der Waals surface area contributed by atoms with Crippen LogP contribution in [0, 0.1) is 6.92 Å². The largest absolute Gasteiger partial charge is 0.327 e. The van der Waals surface area contributed by atoms with Crippen LogP contribution < -0.4 is 5.32 Å². The molecule has 0 saturated heterocycles. The SMILES string of the molecule is CCn1cc(Nc2nn3c([C@H](C)c4ccc5ncccc5c4)nnc3s2)c(C)n1. The minimum Gasteiger partial charge on any atom is -0.327 e. The van der Waals surface area contributed by atoms with Crippen molar-refractivity contribution in [3.8, 4) is 0 Å². The third kappa shape index (κ3) is 3.13. The number of fused-ring (bicyclic) bond motifs is 2. The second kappa shape index (κ2) is 6.93. The van der Waals surface area contributed by atoms with E-state index in [2.05, 4.69) is 57.6 Å². The van der Waals surface area contributed by atoms with Crippen molar-refractivity contribution in [1.29, 1.82) is 0 Å². The highest BCUT2D eigenvalue weighted by Gasteiger charge is 2.19. The van der Waals surface area contributed by atoms with Gasteiger partial charge in [-0.2, -0.15) is 9.61 Å². The number of hydrogen-bond acceptors (Lipinski definition) is 7. The molecule has 0 aliphatic heterocycles. The Morgan fingerprint density at radius 3 is 2.90 bits per heavy atom. The molecule has 0 fully saturated rings. The zero-order valence-electron chi connectivity index (χ0n) is 16.4. The predicted molar refractivity (Wildman–Crippen MR) is 114 cm³/mol. The number of hydrogen-bond donors (Lipinski definition) is 1. The molecule has 0 saturated carbocycles. The number of benzene rings is 1. The van der Waals surface area contributed by atoms with E-state index in [0.29, 0.717) is 0 Å². The molecule has 0 bridgehead atoms. The molecule has 1 N–H and O–H groups in total. The number of aromatic nitrogens is 7. The van der Waals surface area contributed by atoms with Crippen LogP contribution in [0.15, 0.2) is 42.7 Å². The molecule has 4 heterocycles. The fourth-order valence-electron chi connectivity index (χ4n) is 3.38. The average Bonchev–Trinajstić information content (AvgIpc) is 3.41. The number of nitrogens with one attached hydrogen (secondary N) is 1. The number of anilines is 2. The molecule has 9 heteroatoms. The fraction of sp³-hybridized carbons (Fsp3) is 0.250. The molecule has 5 rings (SSSR count). The molecule has 0 aliphatic carbocycles. The number of rotatable bonds is 5. The van der Waals surface area contributed by atoms with E-state index in [1.165, 1.54) is 11.3 Å². The average molecular weight is 405 g/mol. The molecule has 0 aliphatic rings. The van der Waals surface area contributed by atoms with Gasteiger partial charge < -0.3 is 5.32 Å². The topological polar surface area (TPSA) is 85.8 Å². The van der Waals surface area contributed by atoms with Gasteiger partial charge in [-0.15, -0.1) is 15.3 Å². The molecule has 0 unspecified atom stereocenters. The summed E-state index contributed by atoms with van der Waals surface area (Å²) in [5, 5.41) is 23.1. The fourth-order valence-corrected chi connectivity index (χ4v) is 4.14. The van der Waals surface area contributed by atoms with Crippen LogP contribution in [0.4, 0.5) is 10.8 Å². The zero-order valence-corrected chi connectivity index (χ0v) is 17.2. The van der Waals surface area contributed by atoms with Crippen molar-refractivity contribution in [2.45, 2.75) is 33.2 Å². The molecule has 0 radical (unpaired) electrons. The highest BCUT2D eigenvalue weighted by Crippen LogP contribution is 2.29. The molecular weight excluding hydrogens is 384 g/mol. The summed E-state index contributed by atoms with van der Waals surface area (Å²) in [6.07, 6.45) is 3.80. The van der Waals surface area contributed by atoms with E-state index in [0.717, 1.165) is 50.3 Å². The molecule has 0 spiro atoms. The maximum Gasteiger partial charge on any atom is 0.236 e. The van der Waals surface area contributed by atoms with E-state index in [-0.39, 0.29) is 5.92 Å². The number of pyridine rings is 1. The Balaban J connectivity index is 1.47. The minimum absolute atomic E-state index is 0.0501. The zero-order chi connectivity index (χ0) is 20.0. The third-order valence-electron chi connectivity index (χ3n) is 5.04. The summed E-state index contributed by atoms with van der Waals surface area (Å²) in [5.74, 6) is 0.864. The maximum absolute atomic E-state index is 4.70. The molecule has 29 heavy (non-hydrogen) atoms. The van der Waals surface area contributed by atoms with Gasteiger partial charge in [0.05, 0.1) is 16.9 Å². The van der Waals surface area contributed by atoms with Gasteiger partial charge in [-0.3, -0.25) is 9.67 Å². The molecule has 8 nitrogen and oxygen atoms in total. The van der Waals surface area contributed by atoms with Gasteiger partial charge >= 0.3 is 0 Å². The first-order valence-corrected chi connectivity index (χ1v) is 10.3. The lowest BCUT2D eigenvalue weighted by Gasteiger charge is -2.10. The van der Waals surface area contributed by atoms with E-state index in [4.69, 9.17) is 5.10 Å². The summed E-state index contributed by atoms with van der Waals surface area (Å²) < 4.78 is 3.73. The van der Waals surface area contributed by atoms with Crippen LogP contribution in [0.1, 0.15) is 36.8 Å². The smallest absolute Gasteiger partial charge is 0.236 e. The summed E-state index contributed by atoms with van der Waals surface area (Å²) in [6.45, 7) is 7.00. The van der Waals surface area contributed by atoms with E-state index < -0.39 is 0 Å². The Morgan fingerprint density at radius 1 is 1.17 bits per heavy atom. The monoisotopic (exact) mass is 404 g/mol. The standard InChI is InChI=1S/C20H20N8S/c1-4-27-11-17(13(3)25-27)22-19-26-28-18(23-24-20(28)29-19)12(2)14-7-8-16-15(10-14)6-5-9-21-16/h5-12H,4H2,1-3H3,(H,22,26)/t12-/m1/s1. The van der Waals surface area contributed by atoms with Crippen molar-refractivity contribution < 1.29 is 0 Å². The number of aryl methyl sites for hydroxylation is 2. The van der Waals surface area contributed by atoms with Gasteiger partial charge in [0.2, 0.25) is 10.1 Å². The van der Waals surface area contributed by atoms with Gasteiger partial charge in [0, 0.05) is 30.2 Å². The van der Waals surface area contributed by atoms with Crippen LogP contribution >= 0.6 is 11.3 Å². The van der Waals surface area contributed by atoms with Crippen LogP contribution in [-0.2, 0) is 6.54 Å². The summed E-state index contributed by atoms with van der Waals surface area (Å²) in [5.41, 5.74) is 4.03. The first-order chi connectivity index (χ1) is 14.1. The van der Waals surface area contributed by atoms with Gasteiger partial charge in [0.1, 0.15) is 0 Å². The summed E-state index contributed by atoms with van der Waals surface area (Å²) >= 11 is 1.47. The predicted octanol–water partition coefficient (Wildman–Crippen LogP) is 4.15. The molecule has 0 amide bonds. The van der Waals surface area contributed by atoms with Crippen LogP contribution in [0.25, 0.3) is 15.9 Å². The Morgan fingerprint density at radius 2 is 2.07 bits per heavy atom. The lowest BCUT2D eigenvalue weighted by Crippen LogP contribution is -2.04. The van der Waals surface area contributed by atoms with Crippen molar-refractivity contribution in [3.63, 3.8) is 0 Å². The third-order valence-corrected chi connectivity index (χ3v) is 5.86. The second-order valence-corrected chi connectivity index (χ2v) is 7.90. The quantitative estimate of drug-likeness (QED) is 0.473. The first-order valence-electron chi connectivity index (χ1n) is 9.50. The lowest BCUT2D eigenvalue weighted by molar-refractivity contribution is 0.653. The lowest BCUT2D eigenvalue weighted by atomic mass is 9.99. The second-order valence-electron chi connectivity index (χ2n) is 6.95. The molecule has 1 aromatic carbocycles. The van der Waals surface area contributed by atoms with Gasteiger partial charge in [-0.05, 0) is 37.6 Å². The Labute approximate surface area is 171 Å². The highest BCUT2D eigenvalue weighted by atomic mass is 32.1. The number of nitrogens with zero attached hydrogens (tertiary/aromatic N) is 7. The molecule has 5 aromatic rings. The summed E-state index contributed by atoms with van der Waals surface area (Å²) in [4.78, 5) is 5.15. The van der Waals surface area contributed by atoms with Gasteiger partial charge in [-0.1, -0.05) is 30.4 Å². The molecular formula is C20H20N8S. The minimum atomic E-state index is 0.0501. The van der Waals surface area contributed by atoms with Crippen LogP contribution in [0.5, 0.6) is 0 Å². The summed E-state index contributed by atoms with van der Waals surface area (Å²) in [6, 6.07) is 10.3. The molecule has 4 aromatic heterocycles. The normalized spacial score (nSPS) is 12.7. The van der Waals surface area contributed by atoms with Crippen LogP contribution in [-0.4, -0.2) is 34.6 Å². The van der Waals surface area contributed by atoms with Crippen LogP contribution in [0.2, 0.25) is 0 Å². The van der Waals surface area contributed by atoms with E-state index in [1.807, 2.05) is 40.6 Å². The molecule has 146 valence electrons. The molecule has 1 atom stereocenters.